The number of rotatable bonds is 3. The van der Waals surface area contributed by atoms with Gasteiger partial charge in [0.2, 0.25) is 5.17 Å². The highest BCUT2D eigenvalue weighted by atomic mass is 35.5. The van der Waals surface area contributed by atoms with Crippen molar-refractivity contribution < 1.29 is 4.58 Å². The minimum Gasteiger partial charge on any atom is -0.270 e. The van der Waals surface area contributed by atoms with Crippen molar-refractivity contribution in [3.05, 3.63) is 0 Å². The van der Waals surface area contributed by atoms with Gasteiger partial charge < -0.3 is 0 Å². The lowest BCUT2D eigenvalue weighted by atomic mass is 10.5. The van der Waals surface area contributed by atoms with Gasteiger partial charge in [0.1, 0.15) is 0 Å². The van der Waals surface area contributed by atoms with E-state index >= 15 is 0 Å². The summed E-state index contributed by atoms with van der Waals surface area (Å²) < 4.78 is 1.82. The van der Waals surface area contributed by atoms with E-state index in [4.69, 9.17) is 23.2 Å². The van der Waals surface area contributed by atoms with Gasteiger partial charge in [-0.05, 0) is 16.6 Å². The Kier molecular flexibility index (Phi) is 5.64. The van der Waals surface area contributed by atoms with Gasteiger partial charge in [-0.2, -0.15) is 0 Å². The van der Waals surface area contributed by atoms with Crippen molar-refractivity contribution in [2.45, 2.75) is 6.42 Å². The average molecular weight is 182 g/mol. The molecule has 0 amide bonds. The van der Waals surface area contributed by atoms with Gasteiger partial charge in [-0.3, -0.25) is 4.58 Å². The van der Waals surface area contributed by atoms with Crippen LogP contribution < -0.4 is 0 Å². The Hall–Kier alpha value is -0.0800. The first-order valence-corrected chi connectivity index (χ1v) is 3.86. The summed E-state index contributed by atoms with van der Waals surface area (Å²) in [5, 5.41) is 0.545. The summed E-state index contributed by atoms with van der Waals surface area (Å²) in [6.07, 6.45) is 2.28. The zero-order valence-corrected chi connectivity index (χ0v) is 7.65. The van der Waals surface area contributed by atoms with E-state index in [1.165, 1.54) is 0 Å². The summed E-state index contributed by atoms with van der Waals surface area (Å²) in [6, 6.07) is 0. The second kappa shape index (κ2) is 5.69. The van der Waals surface area contributed by atoms with Crippen molar-refractivity contribution >= 4 is 34.7 Å². The van der Waals surface area contributed by atoms with Crippen LogP contribution >= 0.6 is 23.2 Å². The first-order valence-electron chi connectivity index (χ1n) is 2.94. The lowest BCUT2D eigenvalue weighted by Gasteiger charge is -1.83. The summed E-state index contributed by atoms with van der Waals surface area (Å²) in [5.41, 5.74) is 0. The summed E-state index contributed by atoms with van der Waals surface area (Å²) in [6.45, 7) is 0. The fourth-order valence-electron chi connectivity index (χ4n) is 0.321. The van der Waals surface area contributed by atoms with Gasteiger partial charge >= 0.3 is 0 Å². The molecule has 0 saturated carbocycles. The molecule has 0 aromatic rings. The van der Waals surface area contributed by atoms with E-state index < -0.39 is 0 Å². The number of nitrogens with zero attached hydrogens (tertiary/aromatic N) is 2. The van der Waals surface area contributed by atoms with Gasteiger partial charge in [0, 0.05) is 12.3 Å². The molecule has 0 bridgehead atoms. The molecule has 0 unspecified atom stereocenters. The van der Waals surface area contributed by atoms with Crippen LogP contribution in [0.1, 0.15) is 6.42 Å². The Bertz CT molecular complexity index is 148. The van der Waals surface area contributed by atoms with Gasteiger partial charge in [-0.25, -0.2) is 0 Å². The van der Waals surface area contributed by atoms with Crippen LogP contribution in [-0.2, 0) is 0 Å². The molecule has 0 aliphatic heterocycles. The van der Waals surface area contributed by atoms with Crippen LogP contribution in [0.2, 0.25) is 0 Å². The Labute approximate surface area is 71.2 Å². The highest BCUT2D eigenvalue weighted by Gasteiger charge is 1.96. The van der Waals surface area contributed by atoms with Crippen LogP contribution in [0.15, 0.2) is 4.99 Å². The average Bonchev–Trinajstić information content (AvgIpc) is 1.85. The van der Waals surface area contributed by atoms with Crippen LogP contribution in [0, 0.1) is 0 Å². The molecule has 4 heteroatoms. The Balaban J connectivity index is 3.79. The molecule has 0 saturated heterocycles. The van der Waals surface area contributed by atoms with Crippen molar-refractivity contribution in [2.75, 3.05) is 20.0 Å². The minimum absolute atomic E-state index is 0.517. The number of halogens is 2. The zero-order chi connectivity index (χ0) is 7.98. The monoisotopic (exact) mass is 181 g/mol. The zero-order valence-electron chi connectivity index (χ0n) is 6.14. The molecule has 0 aromatic heterocycles. The smallest absolute Gasteiger partial charge is 0.270 e. The maximum absolute atomic E-state index is 5.63. The van der Waals surface area contributed by atoms with E-state index in [1.807, 2.05) is 18.7 Å². The third-order valence-electron chi connectivity index (χ3n) is 0.730. The summed E-state index contributed by atoms with van der Waals surface area (Å²) in [7, 11) is 3.77. The minimum atomic E-state index is 0.517. The Morgan fingerprint density at radius 2 is 2.20 bits per heavy atom. The molecule has 0 aromatic carbocycles. The van der Waals surface area contributed by atoms with E-state index in [0.717, 1.165) is 0 Å². The third kappa shape index (κ3) is 6.05. The fraction of sp³-hybridized carbons (Fsp3) is 0.667. The van der Waals surface area contributed by atoms with E-state index in [-0.39, 0.29) is 0 Å². The van der Waals surface area contributed by atoms with Crippen molar-refractivity contribution in [2.24, 2.45) is 4.99 Å². The number of aliphatic imine (C=N–C) groups is 1. The second-order valence-electron chi connectivity index (χ2n) is 2.02. The number of hydrogen-bond donors (Lipinski definition) is 0. The van der Waals surface area contributed by atoms with Gasteiger partial charge in [0.15, 0.2) is 0 Å². The second-order valence-corrected chi connectivity index (χ2v) is 2.84. The molecular weight excluding hydrogens is 171 g/mol. The Morgan fingerprint density at radius 1 is 1.60 bits per heavy atom. The van der Waals surface area contributed by atoms with E-state index in [9.17, 15) is 0 Å². The lowest BCUT2D eigenvalue weighted by Crippen LogP contribution is -1.98. The molecule has 0 N–H and O–H groups in total. The van der Waals surface area contributed by atoms with E-state index in [2.05, 4.69) is 4.99 Å². The van der Waals surface area contributed by atoms with E-state index in [1.54, 1.807) is 6.34 Å². The SMILES string of the molecule is C[N+](C)=CN=C(Cl)CCCl. The fourth-order valence-corrected chi connectivity index (χ4v) is 0.735. The molecule has 0 rings (SSSR count). The normalized spacial score (nSPS) is 11.4. The van der Waals surface area contributed by atoms with Gasteiger partial charge in [-0.1, -0.05) is 0 Å². The van der Waals surface area contributed by atoms with Crippen LogP contribution in [0.4, 0.5) is 0 Å². The van der Waals surface area contributed by atoms with Crippen LogP contribution in [0.3, 0.4) is 0 Å². The van der Waals surface area contributed by atoms with Crippen LogP contribution in [-0.4, -0.2) is 36.1 Å². The standard InChI is InChI=1S/C6H11Cl2N2/c1-10(2)5-9-6(8)3-4-7/h5H,3-4H2,1-2H3/q+1. The van der Waals surface area contributed by atoms with Gasteiger partial charge in [0.05, 0.1) is 14.1 Å². The van der Waals surface area contributed by atoms with Crippen LogP contribution in [0.25, 0.3) is 0 Å². The predicted octanol–water partition coefficient (Wildman–Crippen LogP) is 1.55. The molecule has 0 heterocycles. The molecule has 0 radical (unpaired) electrons. The molecule has 0 fully saturated rings. The van der Waals surface area contributed by atoms with E-state index in [0.29, 0.717) is 17.5 Å². The molecule has 0 aliphatic carbocycles. The number of alkyl halides is 1. The van der Waals surface area contributed by atoms with Crippen molar-refractivity contribution in [1.29, 1.82) is 0 Å². The van der Waals surface area contributed by atoms with Gasteiger partial charge in [0.25, 0.3) is 6.34 Å². The maximum atomic E-state index is 5.63. The molecule has 10 heavy (non-hydrogen) atoms. The van der Waals surface area contributed by atoms with Crippen molar-refractivity contribution in [3.63, 3.8) is 0 Å². The quantitative estimate of drug-likeness (QED) is 0.272. The van der Waals surface area contributed by atoms with Crippen molar-refractivity contribution in [1.82, 2.24) is 0 Å². The lowest BCUT2D eigenvalue weighted by molar-refractivity contribution is -0.460. The summed E-state index contributed by atoms with van der Waals surface area (Å²) >= 11 is 11.1. The molecule has 0 aliphatic rings. The van der Waals surface area contributed by atoms with Crippen LogP contribution in [0.5, 0.6) is 0 Å². The highest BCUT2D eigenvalue weighted by molar-refractivity contribution is 6.66. The summed E-state index contributed by atoms with van der Waals surface area (Å²) in [4.78, 5) is 3.91. The summed E-state index contributed by atoms with van der Waals surface area (Å²) in [5.74, 6) is 0.517. The number of hydrogen-bond acceptors (Lipinski definition) is 0. The Morgan fingerprint density at radius 3 is 2.60 bits per heavy atom. The first-order chi connectivity index (χ1) is 4.66. The topological polar surface area (TPSA) is 15.4 Å². The molecule has 0 spiro atoms. The first kappa shape index (κ1) is 9.92. The largest absolute Gasteiger partial charge is 0.282 e. The molecule has 2 nitrogen and oxygen atoms in total. The maximum Gasteiger partial charge on any atom is 0.282 e. The third-order valence-corrected chi connectivity index (χ3v) is 1.21. The van der Waals surface area contributed by atoms with Crippen molar-refractivity contribution in [3.8, 4) is 0 Å². The highest BCUT2D eigenvalue weighted by Crippen LogP contribution is 1.93. The van der Waals surface area contributed by atoms with Gasteiger partial charge in [-0.15, -0.1) is 11.6 Å². The molecule has 58 valence electrons. The predicted molar refractivity (Wildman–Crippen MR) is 46.8 cm³/mol. The molecule has 0 atom stereocenters. The molecular formula is C6H11Cl2N2+.